The monoisotopic (exact) mass is 343 g/mol. The molecule has 2 aliphatic heterocycles. The minimum atomic E-state index is -0.390. The van der Waals surface area contributed by atoms with Gasteiger partial charge in [0.25, 0.3) is 5.69 Å². The first kappa shape index (κ1) is 16.1. The van der Waals surface area contributed by atoms with Crippen molar-refractivity contribution < 1.29 is 19.1 Å². The maximum Gasteiger partial charge on any atom is 0.269 e. The molecule has 5 atom stereocenters. The number of hydrogen-bond acceptors (Lipinski definition) is 7. The summed E-state index contributed by atoms with van der Waals surface area (Å²) in [4.78, 5) is 11.3. The summed E-state index contributed by atoms with van der Waals surface area (Å²) >= 11 is 3.49. The highest BCUT2D eigenvalue weighted by atomic mass is 32.2. The number of thioether (sulfide) groups is 2. The van der Waals surface area contributed by atoms with Crippen LogP contribution < -0.4 is 0 Å². The fraction of sp³-hybridized carbons (Fsp3) is 0.571. The number of ether oxygens (including phenoxy) is 3. The molecular formula is C14H17NO5S2. The summed E-state index contributed by atoms with van der Waals surface area (Å²) in [7, 11) is 3.36. The standard InChI is InChI=1S/C14H17NO5S2/c1-18-11-10-7-21-14(13(20-10)12(11)19-2)22-9-5-3-8(4-6-9)15(16)17/h3-6,10-14H,7H2,1-2H3/t10-,11-,12+,13+,14-/m1/s1. The maximum absolute atomic E-state index is 10.7. The molecule has 1 aromatic rings. The quantitative estimate of drug-likeness (QED) is 0.601. The molecule has 2 heterocycles. The van der Waals surface area contributed by atoms with Crippen LogP contribution in [0.4, 0.5) is 5.69 Å². The van der Waals surface area contributed by atoms with Crippen LogP contribution in [0.1, 0.15) is 0 Å². The van der Waals surface area contributed by atoms with Gasteiger partial charge in [0, 0.05) is 37.0 Å². The number of nitro benzene ring substituents is 1. The molecule has 2 fully saturated rings. The Morgan fingerprint density at radius 2 is 1.95 bits per heavy atom. The van der Waals surface area contributed by atoms with Gasteiger partial charge in [-0.1, -0.05) is 0 Å². The van der Waals surface area contributed by atoms with Crippen molar-refractivity contribution in [2.75, 3.05) is 20.0 Å². The second-order valence-corrected chi connectivity index (χ2v) is 7.80. The molecule has 0 unspecified atom stereocenters. The van der Waals surface area contributed by atoms with Crippen LogP contribution in [0.25, 0.3) is 0 Å². The molecule has 0 saturated carbocycles. The van der Waals surface area contributed by atoms with E-state index in [4.69, 9.17) is 14.2 Å². The highest BCUT2D eigenvalue weighted by Gasteiger charge is 2.52. The molecule has 0 aliphatic carbocycles. The Morgan fingerprint density at radius 1 is 1.27 bits per heavy atom. The zero-order chi connectivity index (χ0) is 15.7. The van der Waals surface area contributed by atoms with E-state index in [1.54, 1.807) is 38.1 Å². The van der Waals surface area contributed by atoms with Gasteiger partial charge in [-0.2, -0.15) is 0 Å². The van der Waals surface area contributed by atoms with Crippen molar-refractivity contribution in [3.8, 4) is 0 Å². The van der Waals surface area contributed by atoms with Crippen molar-refractivity contribution in [1.29, 1.82) is 0 Å². The van der Waals surface area contributed by atoms with Crippen molar-refractivity contribution in [2.24, 2.45) is 0 Å². The minimum Gasteiger partial charge on any atom is -0.376 e. The third kappa shape index (κ3) is 2.98. The molecule has 22 heavy (non-hydrogen) atoms. The molecule has 1 aromatic carbocycles. The number of benzene rings is 1. The topological polar surface area (TPSA) is 70.8 Å². The van der Waals surface area contributed by atoms with E-state index in [1.807, 2.05) is 11.8 Å². The minimum absolute atomic E-state index is 0.0371. The van der Waals surface area contributed by atoms with Crippen LogP contribution in [0.5, 0.6) is 0 Å². The normalized spacial score (nSPS) is 33.8. The fourth-order valence-corrected chi connectivity index (χ4v) is 5.64. The molecule has 2 bridgehead atoms. The predicted molar refractivity (Wildman–Crippen MR) is 85.5 cm³/mol. The lowest BCUT2D eigenvalue weighted by Crippen LogP contribution is -2.37. The Hall–Kier alpha value is -0.800. The lowest BCUT2D eigenvalue weighted by molar-refractivity contribution is -0.384. The number of non-ortho nitro benzene ring substituents is 1. The first-order chi connectivity index (χ1) is 10.6. The third-order valence-electron chi connectivity index (χ3n) is 3.88. The molecule has 0 aromatic heterocycles. The summed E-state index contributed by atoms with van der Waals surface area (Å²) in [6.07, 6.45) is -0.0944. The van der Waals surface area contributed by atoms with Crippen molar-refractivity contribution in [3.63, 3.8) is 0 Å². The smallest absolute Gasteiger partial charge is 0.269 e. The van der Waals surface area contributed by atoms with Gasteiger partial charge in [-0.05, 0) is 12.1 Å². The second-order valence-electron chi connectivity index (χ2n) is 5.11. The Morgan fingerprint density at radius 3 is 2.55 bits per heavy atom. The van der Waals surface area contributed by atoms with Crippen LogP contribution in [-0.4, -0.2) is 53.9 Å². The number of nitrogens with zero attached hydrogens (tertiary/aromatic N) is 1. The molecule has 0 amide bonds. The van der Waals surface area contributed by atoms with Crippen molar-refractivity contribution in [1.82, 2.24) is 0 Å². The summed E-state index contributed by atoms with van der Waals surface area (Å²) in [5, 5.41) is 10.7. The third-order valence-corrected chi connectivity index (χ3v) is 6.74. The maximum atomic E-state index is 10.7. The molecule has 120 valence electrons. The van der Waals surface area contributed by atoms with Gasteiger partial charge < -0.3 is 14.2 Å². The Bertz CT molecular complexity index is 541. The molecular weight excluding hydrogens is 326 g/mol. The van der Waals surface area contributed by atoms with Crippen molar-refractivity contribution >= 4 is 29.2 Å². The molecule has 0 spiro atoms. The first-order valence-electron chi connectivity index (χ1n) is 6.88. The Balaban J connectivity index is 1.71. The molecule has 6 nitrogen and oxygen atoms in total. The van der Waals surface area contributed by atoms with Gasteiger partial charge in [-0.15, -0.1) is 23.5 Å². The highest BCUT2D eigenvalue weighted by Crippen LogP contribution is 2.46. The SMILES string of the molecule is CO[C@@H]1[C@@H]2O[C@H](CS[C@@H]2Sc2ccc([N+](=O)[O-])cc2)[C@H]1OC. The Kier molecular flexibility index (Phi) is 4.94. The van der Waals surface area contributed by atoms with Gasteiger partial charge in [-0.3, -0.25) is 10.1 Å². The van der Waals surface area contributed by atoms with E-state index in [0.29, 0.717) is 0 Å². The summed E-state index contributed by atoms with van der Waals surface area (Å²) in [6.45, 7) is 0. The van der Waals surface area contributed by atoms with E-state index in [1.165, 1.54) is 12.1 Å². The number of nitro groups is 1. The van der Waals surface area contributed by atoms with Crippen LogP contribution in [0.3, 0.4) is 0 Å². The molecule has 3 rings (SSSR count). The van der Waals surface area contributed by atoms with Crippen LogP contribution in [0, 0.1) is 10.1 Å². The number of hydrogen-bond donors (Lipinski definition) is 0. The van der Waals surface area contributed by atoms with Crippen molar-refractivity contribution in [2.45, 2.75) is 33.9 Å². The molecule has 8 heteroatoms. The van der Waals surface area contributed by atoms with E-state index in [2.05, 4.69) is 0 Å². The van der Waals surface area contributed by atoms with Gasteiger partial charge in [0.05, 0.1) is 15.6 Å². The summed E-state index contributed by atoms with van der Waals surface area (Å²) in [5.74, 6) is 0.861. The average molecular weight is 343 g/mol. The summed E-state index contributed by atoms with van der Waals surface area (Å²) < 4.78 is 17.3. The second kappa shape index (κ2) is 6.76. The zero-order valence-electron chi connectivity index (χ0n) is 12.2. The predicted octanol–water partition coefficient (Wildman–Crippen LogP) is 2.56. The average Bonchev–Trinajstić information content (AvgIpc) is 2.82. The molecule has 2 saturated heterocycles. The number of rotatable bonds is 5. The molecule has 2 aliphatic rings. The van der Waals surface area contributed by atoms with Gasteiger partial charge in [0.2, 0.25) is 0 Å². The van der Waals surface area contributed by atoms with E-state index >= 15 is 0 Å². The van der Waals surface area contributed by atoms with Crippen molar-refractivity contribution in [3.05, 3.63) is 34.4 Å². The lowest BCUT2D eigenvalue weighted by Gasteiger charge is -2.29. The Labute approximate surface area is 137 Å². The molecule has 0 N–H and O–H groups in total. The van der Waals surface area contributed by atoms with Gasteiger partial charge in [0.15, 0.2) is 0 Å². The van der Waals surface area contributed by atoms with Gasteiger partial charge >= 0.3 is 0 Å². The molecule has 0 radical (unpaired) electrons. The fourth-order valence-electron chi connectivity index (χ4n) is 2.83. The van der Waals surface area contributed by atoms with Gasteiger partial charge in [0.1, 0.15) is 18.3 Å². The van der Waals surface area contributed by atoms with E-state index in [0.717, 1.165) is 10.6 Å². The van der Waals surface area contributed by atoms with E-state index in [9.17, 15) is 10.1 Å². The summed E-state index contributed by atoms with van der Waals surface area (Å²) in [6, 6.07) is 6.61. The van der Waals surface area contributed by atoms with Crippen LogP contribution in [0.15, 0.2) is 29.2 Å². The first-order valence-corrected chi connectivity index (χ1v) is 8.80. The number of fused-ring (bicyclic) bond motifs is 2. The lowest BCUT2D eigenvalue weighted by atomic mass is 10.1. The number of methoxy groups -OCH3 is 2. The largest absolute Gasteiger partial charge is 0.376 e. The van der Waals surface area contributed by atoms with Gasteiger partial charge in [-0.25, -0.2) is 0 Å². The van der Waals surface area contributed by atoms with Crippen LogP contribution >= 0.6 is 23.5 Å². The zero-order valence-corrected chi connectivity index (χ0v) is 13.8. The highest BCUT2D eigenvalue weighted by molar-refractivity contribution is 8.17. The van der Waals surface area contributed by atoms with Crippen LogP contribution in [0.2, 0.25) is 0 Å². The summed E-state index contributed by atoms with van der Waals surface area (Å²) in [5.41, 5.74) is 0.104. The van der Waals surface area contributed by atoms with E-state index in [-0.39, 0.29) is 34.7 Å². The van der Waals surface area contributed by atoms with E-state index < -0.39 is 4.92 Å². The van der Waals surface area contributed by atoms with Crippen LogP contribution in [-0.2, 0) is 14.2 Å².